The molecule has 1 aromatic carbocycles. The number of nitrogen functional groups attached to an aromatic ring is 1. The van der Waals surface area contributed by atoms with Crippen LogP contribution < -0.4 is 11.3 Å². The maximum absolute atomic E-state index is 12.1. The molecule has 3 N–H and O–H groups in total. The Bertz CT molecular complexity index is 788. The summed E-state index contributed by atoms with van der Waals surface area (Å²) in [7, 11) is -3.36. The van der Waals surface area contributed by atoms with Gasteiger partial charge in [-0.05, 0) is 24.3 Å². The first-order chi connectivity index (χ1) is 9.87. The van der Waals surface area contributed by atoms with Gasteiger partial charge in [-0.3, -0.25) is 4.79 Å². The van der Waals surface area contributed by atoms with E-state index in [4.69, 9.17) is 5.73 Å². The Labute approximate surface area is 134 Å². The standard InChI is InChI=1S/C12H12BrN3O3S2/c13-8-1-3-9(4-2-8)21(18,19)6-5-20-12-15-10(14)7-11(17)16-12/h1-4,7H,5-6H2,(H3,14,15,16,17). The SMILES string of the molecule is Nc1cc(=O)[nH]c(SCCS(=O)(=O)c2ccc(Br)cc2)n1. The van der Waals surface area contributed by atoms with Crippen molar-refractivity contribution in [1.82, 2.24) is 9.97 Å². The minimum absolute atomic E-state index is 0.0577. The van der Waals surface area contributed by atoms with Crippen LogP contribution in [-0.2, 0) is 9.84 Å². The Morgan fingerprint density at radius 1 is 1.29 bits per heavy atom. The van der Waals surface area contributed by atoms with Gasteiger partial charge in [0.2, 0.25) is 0 Å². The van der Waals surface area contributed by atoms with E-state index in [1.165, 1.54) is 6.07 Å². The number of thioether (sulfide) groups is 1. The first kappa shape index (κ1) is 16.1. The van der Waals surface area contributed by atoms with Gasteiger partial charge < -0.3 is 10.7 Å². The molecule has 0 saturated heterocycles. The molecule has 0 aliphatic rings. The van der Waals surface area contributed by atoms with Gasteiger partial charge in [-0.25, -0.2) is 13.4 Å². The van der Waals surface area contributed by atoms with E-state index in [1.54, 1.807) is 24.3 Å². The molecule has 0 amide bonds. The summed E-state index contributed by atoms with van der Waals surface area (Å²) in [5.41, 5.74) is 5.09. The van der Waals surface area contributed by atoms with Gasteiger partial charge >= 0.3 is 0 Å². The summed E-state index contributed by atoms with van der Waals surface area (Å²) >= 11 is 4.39. The number of aromatic amines is 1. The molecule has 21 heavy (non-hydrogen) atoms. The molecule has 0 aliphatic carbocycles. The van der Waals surface area contributed by atoms with Crippen molar-refractivity contribution in [3.05, 3.63) is 45.2 Å². The summed E-state index contributed by atoms with van der Waals surface area (Å²) < 4.78 is 25.1. The van der Waals surface area contributed by atoms with Crippen LogP contribution >= 0.6 is 27.7 Å². The predicted octanol–water partition coefficient (Wildman–Crippen LogP) is 1.68. The van der Waals surface area contributed by atoms with E-state index in [-0.39, 0.29) is 27.8 Å². The minimum Gasteiger partial charge on any atom is -0.383 e. The third-order valence-electron chi connectivity index (χ3n) is 2.50. The highest BCUT2D eigenvalue weighted by Crippen LogP contribution is 2.18. The van der Waals surface area contributed by atoms with Crippen LogP contribution in [0.5, 0.6) is 0 Å². The highest BCUT2D eigenvalue weighted by Gasteiger charge is 2.14. The molecule has 1 aromatic heterocycles. The first-order valence-corrected chi connectivity index (χ1v) is 9.28. The number of aromatic nitrogens is 2. The van der Waals surface area contributed by atoms with Crippen molar-refractivity contribution < 1.29 is 8.42 Å². The van der Waals surface area contributed by atoms with E-state index < -0.39 is 9.84 Å². The monoisotopic (exact) mass is 389 g/mol. The Morgan fingerprint density at radius 3 is 2.57 bits per heavy atom. The normalized spacial score (nSPS) is 11.5. The number of H-pyrrole nitrogens is 1. The lowest BCUT2D eigenvalue weighted by Gasteiger charge is -2.04. The predicted molar refractivity (Wildman–Crippen MR) is 86.2 cm³/mol. The maximum Gasteiger partial charge on any atom is 0.253 e. The van der Waals surface area contributed by atoms with Crippen LogP contribution in [0.2, 0.25) is 0 Å². The summed E-state index contributed by atoms with van der Waals surface area (Å²) in [5, 5.41) is 0.311. The zero-order chi connectivity index (χ0) is 15.5. The second-order valence-corrected chi connectivity index (χ2v) is 8.21. The molecule has 0 atom stereocenters. The van der Waals surface area contributed by atoms with Crippen molar-refractivity contribution >= 4 is 43.3 Å². The number of hydrogen-bond donors (Lipinski definition) is 2. The summed E-state index contributed by atoms with van der Waals surface area (Å²) in [4.78, 5) is 17.9. The molecule has 0 bridgehead atoms. The first-order valence-electron chi connectivity index (χ1n) is 5.85. The number of anilines is 1. The van der Waals surface area contributed by atoms with Crippen molar-refractivity contribution in [3.63, 3.8) is 0 Å². The number of nitrogens with zero attached hydrogens (tertiary/aromatic N) is 1. The second kappa shape index (κ2) is 6.63. The van der Waals surface area contributed by atoms with Crippen LogP contribution in [0.15, 0.2) is 49.7 Å². The Kier molecular flexibility index (Phi) is 5.07. The average molecular weight is 390 g/mol. The molecule has 9 heteroatoms. The molecule has 2 aromatic rings. The van der Waals surface area contributed by atoms with Gasteiger partial charge in [0.15, 0.2) is 15.0 Å². The molecule has 0 unspecified atom stereocenters. The van der Waals surface area contributed by atoms with Gasteiger partial charge in [0.05, 0.1) is 10.6 Å². The quantitative estimate of drug-likeness (QED) is 0.595. The van der Waals surface area contributed by atoms with Gasteiger partial charge in [0.1, 0.15) is 5.82 Å². The lowest BCUT2D eigenvalue weighted by atomic mass is 10.4. The molecule has 2 rings (SSSR count). The van der Waals surface area contributed by atoms with Gasteiger partial charge in [0.25, 0.3) is 5.56 Å². The van der Waals surface area contributed by atoms with E-state index in [0.29, 0.717) is 5.16 Å². The van der Waals surface area contributed by atoms with Gasteiger partial charge in [0, 0.05) is 16.3 Å². The van der Waals surface area contributed by atoms with E-state index in [1.807, 2.05) is 0 Å². The topological polar surface area (TPSA) is 106 Å². The zero-order valence-corrected chi connectivity index (χ0v) is 14.0. The molecule has 0 saturated carbocycles. The van der Waals surface area contributed by atoms with Crippen molar-refractivity contribution in [3.8, 4) is 0 Å². The van der Waals surface area contributed by atoms with Crippen molar-refractivity contribution in [2.24, 2.45) is 0 Å². The van der Waals surface area contributed by atoms with Gasteiger partial charge in [-0.15, -0.1) is 0 Å². The van der Waals surface area contributed by atoms with Crippen molar-refractivity contribution in [2.45, 2.75) is 10.1 Å². The van der Waals surface area contributed by atoms with Crippen LogP contribution in [-0.4, -0.2) is 29.9 Å². The van der Waals surface area contributed by atoms with Crippen LogP contribution in [0.1, 0.15) is 0 Å². The smallest absolute Gasteiger partial charge is 0.253 e. The highest BCUT2D eigenvalue weighted by atomic mass is 79.9. The number of nitrogens with two attached hydrogens (primary N) is 1. The summed E-state index contributed by atoms with van der Waals surface area (Å²) in [6.45, 7) is 0. The fourth-order valence-corrected chi connectivity index (χ4v) is 4.33. The maximum atomic E-state index is 12.1. The molecule has 0 spiro atoms. The fourth-order valence-electron chi connectivity index (χ4n) is 1.53. The van der Waals surface area contributed by atoms with Gasteiger partial charge in [-0.2, -0.15) is 0 Å². The Hall–Kier alpha value is -1.32. The lowest BCUT2D eigenvalue weighted by Crippen LogP contribution is -2.12. The molecule has 0 radical (unpaired) electrons. The second-order valence-electron chi connectivity index (χ2n) is 4.10. The summed E-state index contributed by atoms with van der Waals surface area (Å²) in [6, 6.07) is 7.62. The largest absolute Gasteiger partial charge is 0.383 e. The molecule has 0 aliphatic heterocycles. The van der Waals surface area contributed by atoms with Crippen LogP contribution in [0.3, 0.4) is 0 Å². The average Bonchev–Trinajstić information content (AvgIpc) is 2.37. The molecule has 6 nitrogen and oxygen atoms in total. The molecule has 0 fully saturated rings. The van der Waals surface area contributed by atoms with Crippen LogP contribution in [0.25, 0.3) is 0 Å². The van der Waals surface area contributed by atoms with Crippen LogP contribution in [0.4, 0.5) is 5.82 Å². The molecule has 1 heterocycles. The number of nitrogens with one attached hydrogen (secondary N) is 1. The van der Waals surface area contributed by atoms with E-state index in [9.17, 15) is 13.2 Å². The van der Waals surface area contributed by atoms with E-state index >= 15 is 0 Å². The van der Waals surface area contributed by atoms with E-state index in [2.05, 4.69) is 25.9 Å². The highest BCUT2D eigenvalue weighted by molar-refractivity contribution is 9.10. The lowest BCUT2D eigenvalue weighted by molar-refractivity contribution is 0.597. The molecule has 112 valence electrons. The third-order valence-corrected chi connectivity index (χ3v) is 5.90. The Morgan fingerprint density at radius 2 is 1.95 bits per heavy atom. The fraction of sp³-hybridized carbons (Fsp3) is 0.167. The number of hydrogen-bond acceptors (Lipinski definition) is 6. The molecular weight excluding hydrogens is 378 g/mol. The van der Waals surface area contributed by atoms with Crippen molar-refractivity contribution in [1.29, 1.82) is 0 Å². The van der Waals surface area contributed by atoms with Crippen LogP contribution in [0, 0.1) is 0 Å². The number of sulfone groups is 1. The number of rotatable bonds is 5. The Balaban J connectivity index is 2.02. The number of benzene rings is 1. The number of halogens is 1. The summed E-state index contributed by atoms with van der Waals surface area (Å²) in [5.74, 6) is 0.319. The third kappa shape index (κ3) is 4.58. The minimum atomic E-state index is -3.36. The molecular formula is C12H12BrN3O3S2. The van der Waals surface area contributed by atoms with Crippen molar-refractivity contribution in [2.75, 3.05) is 17.2 Å². The zero-order valence-electron chi connectivity index (χ0n) is 10.7. The van der Waals surface area contributed by atoms with Gasteiger partial charge in [-0.1, -0.05) is 27.7 Å². The summed E-state index contributed by atoms with van der Waals surface area (Å²) in [6.07, 6.45) is 0. The van der Waals surface area contributed by atoms with E-state index in [0.717, 1.165) is 16.2 Å².